The largest absolute Gasteiger partial charge is 0.434 e. The summed E-state index contributed by atoms with van der Waals surface area (Å²) < 4.78 is 52.1. The molecule has 0 saturated carbocycles. The van der Waals surface area contributed by atoms with Gasteiger partial charge in [0.2, 0.25) is 10.0 Å². The van der Waals surface area contributed by atoms with Crippen LogP contribution in [0.1, 0.15) is 18.1 Å². The Morgan fingerprint density at radius 3 is 2.38 bits per heavy atom. The minimum atomic E-state index is -3.74. The molecule has 7 nitrogen and oxygen atoms in total. The molecule has 0 aromatic heterocycles. The number of guanidine groups is 1. The van der Waals surface area contributed by atoms with Crippen LogP contribution in [0.3, 0.4) is 0 Å². The van der Waals surface area contributed by atoms with Crippen LogP contribution in [0, 0.1) is 0 Å². The van der Waals surface area contributed by atoms with Crippen molar-refractivity contribution in [1.29, 1.82) is 0 Å². The maximum absolute atomic E-state index is 12.5. The first-order chi connectivity index (χ1) is 13.3. The molecule has 11 heteroatoms. The second kappa shape index (κ2) is 11.9. The topological polar surface area (TPSA) is 106 Å². The van der Waals surface area contributed by atoms with Gasteiger partial charge in [-0.2, -0.15) is 8.78 Å². The summed E-state index contributed by atoms with van der Waals surface area (Å²) in [7, 11) is -3.74. The van der Waals surface area contributed by atoms with E-state index in [9.17, 15) is 17.2 Å². The molecule has 160 valence electrons. The van der Waals surface area contributed by atoms with Gasteiger partial charge in [-0.15, -0.1) is 24.0 Å². The van der Waals surface area contributed by atoms with Gasteiger partial charge in [-0.25, -0.2) is 18.5 Å². The molecular weight excluding hydrogens is 517 g/mol. The quantitative estimate of drug-likeness (QED) is 0.272. The van der Waals surface area contributed by atoms with Crippen molar-refractivity contribution < 1.29 is 21.9 Å². The molecule has 0 spiro atoms. The van der Waals surface area contributed by atoms with Crippen molar-refractivity contribution in [3.05, 3.63) is 59.7 Å². The number of ether oxygens (including phenoxy) is 1. The third kappa shape index (κ3) is 8.50. The van der Waals surface area contributed by atoms with E-state index in [1.807, 2.05) is 6.92 Å². The zero-order valence-corrected chi connectivity index (χ0v) is 18.8. The van der Waals surface area contributed by atoms with Crippen LogP contribution in [0.4, 0.5) is 8.78 Å². The second-order valence-corrected chi connectivity index (χ2v) is 7.29. The molecule has 0 radical (unpaired) electrons. The van der Waals surface area contributed by atoms with Gasteiger partial charge in [-0.05, 0) is 30.7 Å². The first kappa shape index (κ1) is 25.0. The van der Waals surface area contributed by atoms with Gasteiger partial charge in [-0.1, -0.05) is 30.3 Å². The second-order valence-electron chi connectivity index (χ2n) is 5.72. The van der Waals surface area contributed by atoms with Gasteiger partial charge in [0.05, 0.1) is 11.4 Å². The normalized spacial score (nSPS) is 11.7. The molecule has 0 unspecified atom stereocenters. The van der Waals surface area contributed by atoms with Crippen LogP contribution in [-0.2, 0) is 23.1 Å². The van der Waals surface area contributed by atoms with Crippen LogP contribution in [0.2, 0.25) is 0 Å². The van der Waals surface area contributed by atoms with Gasteiger partial charge in [-0.3, -0.25) is 0 Å². The smallest absolute Gasteiger partial charge is 0.387 e. The Bertz CT molecular complexity index is 910. The fourth-order valence-electron chi connectivity index (χ4n) is 2.34. The molecule has 2 aromatic rings. The number of alkyl halides is 2. The summed E-state index contributed by atoms with van der Waals surface area (Å²) in [5, 5.41) is 11.2. The van der Waals surface area contributed by atoms with Gasteiger partial charge < -0.3 is 15.4 Å². The number of hydrogen-bond donors (Lipinski definition) is 3. The van der Waals surface area contributed by atoms with Crippen LogP contribution >= 0.6 is 24.0 Å². The fraction of sp³-hybridized carbons (Fsp3) is 0.278. The monoisotopic (exact) mass is 540 g/mol. The molecule has 0 amide bonds. The number of nitrogens with one attached hydrogen (secondary N) is 2. The minimum Gasteiger partial charge on any atom is -0.434 e. The molecule has 4 N–H and O–H groups in total. The number of nitrogens with zero attached hydrogens (tertiary/aromatic N) is 1. The Morgan fingerprint density at radius 1 is 1.14 bits per heavy atom. The van der Waals surface area contributed by atoms with Crippen molar-refractivity contribution in [3.63, 3.8) is 0 Å². The molecule has 0 atom stereocenters. The maximum Gasteiger partial charge on any atom is 0.387 e. The van der Waals surface area contributed by atoms with E-state index < -0.39 is 16.6 Å². The van der Waals surface area contributed by atoms with Gasteiger partial charge in [0, 0.05) is 18.7 Å². The Hall–Kier alpha value is -1.99. The van der Waals surface area contributed by atoms with E-state index in [0.717, 1.165) is 5.56 Å². The van der Waals surface area contributed by atoms with Gasteiger partial charge in [0.1, 0.15) is 5.75 Å². The Balaban J connectivity index is 0.00000420. The fourth-order valence-corrected chi connectivity index (χ4v) is 2.85. The van der Waals surface area contributed by atoms with E-state index in [4.69, 9.17) is 5.14 Å². The van der Waals surface area contributed by atoms with E-state index in [1.165, 1.54) is 18.2 Å². The zero-order chi connectivity index (χ0) is 20.6. The third-order valence-electron chi connectivity index (χ3n) is 3.65. The number of rotatable bonds is 8. The van der Waals surface area contributed by atoms with Crippen LogP contribution in [0.15, 0.2) is 58.4 Å². The molecule has 0 aliphatic carbocycles. The SMILES string of the molecule is CCNC(=NCc1ccc(S(N)(=O)=O)cc1)NCc1ccccc1OC(F)F.I. The van der Waals surface area contributed by atoms with E-state index in [-0.39, 0.29) is 47.7 Å². The lowest BCUT2D eigenvalue weighted by Crippen LogP contribution is -2.36. The average Bonchev–Trinajstić information content (AvgIpc) is 2.64. The number of primary sulfonamides is 1. The van der Waals surface area contributed by atoms with Crippen molar-refractivity contribution in [2.24, 2.45) is 10.1 Å². The van der Waals surface area contributed by atoms with Crippen LogP contribution in [0.25, 0.3) is 0 Å². The van der Waals surface area contributed by atoms with E-state index in [0.29, 0.717) is 18.1 Å². The lowest BCUT2D eigenvalue weighted by molar-refractivity contribution is -0.0504. The highest BCUT2D eigenvalue weighted by molar-refractivity contribution is 14.0. The standard InChI is InChI=1S/C18H22F2N4O3S.HI/c1-2-22-18(23-11-13-7-9-15(10-8-13)28(21,25)26)24-12-14-5-3-4-6-16(14)27-17(19)20;/h3-10,17H,2,11-12H2,1H3,(H2,21,25,26)(H2,22,23,24);1H. The molecule has 2 rings (SSSR count). The highest BCUT2D eigenvalue weighted by Crippen LogP contribution is 2.19. The average molecular weight is 540 g/mol. The zero-order valence-electron chi connectivity index (χ0n) is 15.6. The van der Waals surface area contributed by atoms with Crippen molar-refractivity contribution in [1.82, 2.24) is 10.6 Å². The predicted octanol–water partition coefficient (Wildman–Crippen LogP) is 2.81. The van der Waals surface area contributed by atoms with Gasteiger partial charge >= 0.3 is 6.61 Å². The number of sulfonamides is 1. The number of aliphatic imine (C=N–C) groups is 1. The molecule has 0 fully saturated rings. The summed E-state index contributed by atoms with van der Waals surface area (Å²) in [5.74, 6) is 0.573. The van der Waals surface area contributed by atoms with Crippen molar-refractivity contribution >= 4 is 40.0 Å². The van der Waals surface area contributed by atoms with E-state index in [2.05, 4.69) is 20.4 Å². The lowest BCUT2D eigenvalue weighted by atomic mass is 10.2. The first-order valence-corrected chi connectivity index (χ1v) is 10.0. The molecule has 0 aliphatic rings. The summed E-state index contributed by atoms with van der Waals surface area (Å²) in [6.45, 7) is 0.120. The van der Waals surface area contributed by atoms with E-state index >= 15 is 0 Å². The molecule has 0 heterocycles. The summed E-state index contributed by atoms with van der Waals surface area (Å²) in [6, 6.07) is 12.6. The van der Waals surface area contributed by atoms with Crippen molar-refractivity contribution in [2.75, 3.05) is 6.54 Å². The number of benzene rings is 2. The molecule has 29 heavy (non-hydrogen) atoms. The molecule has 0 saturated heterocycles. The number of hydrogen-bond acceptors (Lipinski definition) is 4. The Kier molecular flexibility index (Phi) is 10.3. The predicted molar refractivity (Wildman–Crippen MR) is 118 cm³/mol. The highest BCUT2D eigenvalue weighted by Gasteiger charge is 2.10. The van der Waals surface area contributed by atoms with Crippen molar-refractivity contribution in [2.45, 2.75) is 31.5 Å². The lowest BCUT2D eigenvalue weighted by Gasteiger charge is -2.14. The molecule has 2 aromatic carbocycles. The molecular formula is C18H23F2IN4O3S. The number of nitrogens with two attached hydrogens (primary N) is 1. The van der Waals surface area contributed by atoms with Crippen molar-refractivity contribution in [3.8, 4) is 5.75 Å². The number of halogens is 3. The summed E-state index contributed by atoms with van der Waals surface area (Å²) in [5.41, 5.74) is 1.34. The van der Waals surface area contributed by atoms with Crippen LogP contribution in [-0.4, -0.2) is 27.5 Å². The van der Waals surface area contributed by atoms with E-state index in [1.54, 1.807) is 30.3 Å². The third-order valence-corrected chi connectivity index (χ3v) is 4.58. The highest BCUT2D eigenvalue weighted by atomic mass is 127. The molecule has 0 aliphatic heterocycles. The van der Waals surface area contributed by atoms with Gasteiger partial charge in [0.25, 0.3) is 0 Å². The maximum atomic E-state index is 12.5. The first-order valence-electron chi connectivity index (χ1n) is 8.46. The Labute approximate surface area is 185 Å². The molecule has 0 bridgehead atoms. The summed E-state index contributed by atoms with van der Waals surface area (Å²) >= 11 is 0. The minimum absolute atomic E-state index is 0. The summed E-state index contributed by atoms with van der Waals surface area (Å²) in [4.78, 5) is 4.43. The van der Waals surface area contributed by atoms with Crippen LogP contribution in [0.5, 0.6) is 5.75 Å². The summed E-state index contributed by atoms with van der Waals surface area (Å²) in [6.07, 6.45) is 0. The van der Waals surface area contributed by atoms with Crippen LogP contribution < -0.4 is 20.5 Å². The Morgan fingerprint density at radius 2 is 1.79 bits per heavy atom. The number of para-hydroxylation sites is 1. The van der Waals surface area contributed by atoms with Gasteiger partial charge in [0.15, 0.2) is 5.96 Å².